The SMILES string of the molecule is COc1cc(C=NNC(=O)c2ccccc2C)ccc1OCc1ccc(Cl)cc1. The van der Waals surface area contributed by atoms with Crippen LogP contribution in [-0.4, -0.2) is 19.2 Å². The molecule has 3 aromatic rings. The zero-order valence-corrected chi connectivity index (χ0v) is 16.9. The number of nitrogens with zero attached hydrogens (tertiary/aromatic N) is 1. The molecule has 0 atom stereocenters. The summed E-state index contributed by atoms with van der Waals surface area (Å²) < 4.78 is 11.3. The predicted molar refractivity (Wildman–Crippen MR) is 115 cm³/mol. The Balaban J connectivity index is 1.63. The van der Waals surface area contributed by atoms with Crippen molar-refractivity contribution in [1.82, 2.24) is 5.43 Å². The summed E-state index contributed by atoms with van der Waals surface area (Å²) >= 11 is 5.90. The van der Waals surface area contributed by atoms with Crippen molar-refractivity contribution < 1.29 is 14.3 Å². The van der Waals surface area contributed by atoms with Crippen molar-refractivity contribution in [2.24, 2.45) is 5.10 Å². The first-order chi connectivity index (χ1) is 14.1. The molecule has 1 amide bonds. The van der Waals surface area contributed by atoms with Gasteiger partial charge in [-0.05, 0) is 60.0 Å². The third-order valence-electron chi connectivity index (χ3n) is 4.26. The summed E-state index contributed by atoms with van der Waals surface area (Å²) in [4.78, 5) is 12.2. The van der Waals surface area contributed by atoms with Crippen molar-refractivity contribution >= 4 is 23.7 Å². The summed E-state index contributed by atoms with van der Waals surface area (Å²) in [6, 6.07) is 20.2. The van der Waals surface area contributed by atoms with Gasteiger partial charge < -0.3 is 9.47 Å². The van der Waals surface area contributed by atoms with Gasteiger partial charge in [-0.25, -0.2) is 5.43 Å². The quantitative estimate of drug-likeness (QED) is 0.442. The number of hydrogen-bond acceptors (Lipinski definition) is 4. The van der Waals surface area contributed by atoms with Gasteiger partial charge in [-0.15, -0.1) is 0 Å². The van der Waals surface area contributed by atoms with Crippen LogP contribution in [0.25, 0.3) is 0 Å². The molecule has 0 radical (unpaired) electrons. The molecule has 0 saturated carbocycles. The second kappa shape index (κ2) is 9.75. The van der Waals surface area contributed by atoms with Crippen LogP contribution in [0.5, 0.6) is 11.5 Å². The van der Waals surface area contributed by atoms with E-state index in [1.165, 1.54) is 0 Å². The van der Waals surface area contributed by atoms with Crippen LogP contribution in [0.3, 0.4) is 0 Å². The minimum atomic E-state index is -0.255. The molecule has 0 aliphatic rings. The largest absolute Gasteiger partial charge is 0.493 e. The molecule has 148 valence electrons. The molecule has 6 heteroatoms. The van der Waals surface area contributed by atoms with Crippen LogP contribution < -0.4 is 14.9 Å². The van der Waals surface area contributed by atoms with Gasteiger partial charge in [0.25, 0.3) is 5.91 Å². The van der Waals surface area contributed by atoms with E-state index < -0.39 is 0 Å². The minimum absolute atomic E-state index is 0.255. The van der Waals surface area contributed by atoms with E-state index >= 15 is 0 Å². The molecule has 0 aliphatic carbocycles. The van der Waals surface area contributed by atoms with Crippen molar-refractivity contribution in [2.75, 3.05) is 7.11 Å². The molecule has 0 spiro atoms. The number of hydrazone groups is 1. The highest BCUT2D eigenvalue weighted by molar-refractivity contribution is 6.30. The van der Waals surface area contributed by atoms with Gasteiger partial charge >= 0.3 is 0 Å². The standard InChI is InChI=1S/C23H21ClN2O3/c1-16-5-3-4-6-20(16)23(27)26-25-14-18-9-12-21(22(13-18)28-2)29-15-17-7-10-19(24)11-8-17/h3-14H,15H2,1-2H3,(H,26,27). The average Bonchev–Trinajstić information content (AvgIpc) is 2.74. The Hall–Kier alpha value is -3.31. The van der Waals surface area contributed by atoms with Crippen molar-refractivity contribution in [1.29, 1.82) is 0 Å². The molecule has 0 bridgehead atoms. The zero-order valence-electron chi connectivity index (χ0n) is 16.2. The van der Waals surface area contributed by atoms with E-state index in [2.05, 4.69) is 10.5 Å². The van der Waals surface area contributed by atoms with Crippen LogP contribution in [-0.2, 0) is 6.61 Å². The van der Waals surface area contributed by atoms with Crippen LogP contribution >= 0.6 is 11.6 Å². The van der Waals surface area contributed by atoms with Gasteiger partial charge in [0.15, 0.2) is 11.5 Å². The maximum Gasteiger partial charge on any atom is 0.271 e. The Bertz CT molecular complexity index is 1020. The highest BCUT2D eigenvalue weighted by atomic mass is 35.5. The summed E-state index contributed by atoms with van der Waals surface area (Å²) in [5.41, 5.74) is 5.79. The number of amides is 1. The highest BCUT2D eigenvalue weighted by Gasteiger charge is 2.08. The second-order valence-electron chi connectivity index (χ2n) is 6.34. The normalized spacial score (nSPS) is 10.7. The Morgan fingerprint density at radius 3 is 2.55 bits per heavy atom. The number of carbonyl (C=O) groups is 1. The van der Waals surface area contributed by atoms with E-state index in [1.54, 1.807) is 31.5 Å². The van der Waals surface area contributed by atoms with Crippen LogP contribution in [0.1, 0.15) is 27.0 Å². The van der Waals surface area contributed by atoms with Crippen molar-refractivity contribution in [2.45, 2.75) is 13.5 Å². The number of aryl methyl sites for hydroxylation is 1. The fourth-order valence-corrected chi connectivity index (χ4v) is 2.80. The molecule has 0 aliphatic heterocycles. The van der Waals surface area contributed by atoms with Crippen LogP contribution in [0.15, 0.2) is 71.8 Å². The lowest BCUT2D eigenvalue weighted by Crippen LogP contribution is -2.18. The summed E-state index contributed by atoms with van der Waals surface area (Å²) in [5, 5.41) is 4.72. The van der Waals surface area contributed by atoms with Crippen LogP contribution in [0.4, 0.5) is 0 Å². The van der Waals surface area contributed by atoms with Gasteiger partial charge in [0, 0.05) is 10.6 Å². The van der Waals surface area contributed by atoms with Gasteiger partial charge in [0.2, 0.25) is 0 Å². The zero-order chi connectivity index (χ0) is 20.6. The number of ether oxygens (including phenoxy) is 2. The Morgan fingerprint density at radius 1 is 1.07 bits per heavy atom. The molecule has 1 N–H and O–H groups in total. The first-order valence-corrected chi connectivity index (χ1v) is 9.39. The molecule has 0 aromatic heterocycles. The molecule has 3 aromatic carbocycles. The molecule has 29 heavy (non-hydrogen) atoms. The van der Waals surface area contributed by atoms with E-state index in [4.69, 9.17) is 21.1 Å². The monoisotopic (exact) mass is 408 g/mol. The van der Waals surface area contributed by atoms with Crippen LogP contribution in [0, 0.1) is 6.92 Å². The number of hydrogen-bond donors (Lipinski definition) is 1. The molecule has 3 rings (SSSR count). The van der Waals surface area contributed by atoms with E-state index in [1.807, 2.05) is 55.5 Å². The van der Waals surface area contributed by atoms with Gasteiger partial charge in [-0.3, -0.25) is 4.79 Å². The molecular weight excluding hydrogens is 388 g/mol. The van der Waals surface area contributed by atoms with Crippen molar-refractivity contribution in [3.8, 4) is 11.5 Å². The van der Waals surface area contributed by atoms with Crippen molar-refractivity contribution in [3.63, 3.8) is 0 Å². The lowest BCUT2D eigenvalue weighted by atomic mass is 10.1. The van der Waals surface area contributed by atoms with E-state index in [0.717, 1.165) is 16.7 Å². The number of halogens is 1. The lowest BCUT2D eigenvalue weighted by Gasteiger charge is -2.11. The number of methoxy groups -OCH3 is 1. The predicted octanol–water partition coefficient (Wildman–Crippen LogP) is 5.00. The number of rotatable bonds is 7. The van der Waals surface area contributed by atoms with Gasteiger partial charge in [0.1, 0.15) is 6.61 Å². The lowest BCUT2D eigenvalue weighted by molar-refractivity contribution is 0.0954. The number of benzene rings is 3. The fraction of sp³-hybridized carbons (Fsp3) is 0.130. The first kappa shape index (κ1) is 20.4. The van der Waals surface area contributed by atoms with Crippen molar-refractivity contribution in [3.05, 3.63) is 94.0 Å². The van der Waals surface area contributed by atoms with Gasteiger partial charge in [-0.1, -0.05) is 41.9 Å². The summed E-state index contributed by atoms with van der Waals surface area (Å²) in [7, 11) is 1.57. The molecule has 0 fully saturated rings. The number of nitrogens with one attached hydrogen (secondary N) is 1. The molecular formula is C23H21ClN2O3. The maximum atomic E-state index is 12.2. The van der Waals surface area contributed by atoms with Gasteiger partial charge in [0.05, 0.1) is 13.3 Å². The minimum Gasteiger partial charge on any atom is -0.493 e. The van der Waals surface area contributed by atoms with Gasteiger partial charge in [-0.2, -0.15) is 5.10 Å². The number of carbonyl (C=O) groups excluding carboxylic acids is 1. The van der Waals surface area contributed by atoms with E-state index in [9.17, 15) is 4.79 Å². The third-order valence-corrected chi connectivity index (χ3v) is 4.52. The third kappa shape index (κ3) is 5.59. The maximum absolute atomic E-state index is 12.2. The average molecular weight is 409 g/mol. The van der Waals surface area contributed by atoms with Crippen LogP contribution in [0.2, 0.25) is 5.02 Å². The Labute approximate surface area is 174 Å². The Kier molecular flexibility index (Phi) is 6.87. The fourth-order valence-electron chi connectivity index (χ4n) is 2.68. The van der Waals surface area contributed by atoms with E-state index in [0.29, 0.717) is 28.7 Å². The molecule has 0 saturated heterocycles. The second-order valence-corrected chi connectivity index (χ2v) is 6.78. The summed E-state index contributed by atoms with van der Waals surface area (Å²) in [5.74, 6) is 0.936. The first-order valence-electron chi connectivity index (χ1n) is 9.01. The Morgan fingerprint density at radius 2 is 1.83 bits per heavy atom. The molecule has 0 heterocycles. The van der Waals surface area contributed by atoms with E-state index in [-0.39, 0.29) is 5.91 Å². The summed E-state index contributed by atoms with van der Waals surface area (Å²) in [6.07, 6.45) is 1.56. The highest BCUT2D eigenvalue weighted by Crippen LogP contribution is 2.28. The smallest absolute Gasteiger partial charge is 0.271 e. The summed E-state index contributed by atoms with van der Waals surface area (Å²) in [6.45, 7) is 2.28. The molecule has 5 nitrogen and oxygen atoms in total. The topological polar surface area (TPSA) is 59.9 Å². The molecule has 0 unspecified atom stereocenters.